The number of rotatable bonds is 4. The Balaban J connectivity index is 1.31. The summed E-state index contributed by atoms with van der Waals surface area (Å²) < 4.78 is 4.42. The highest BCUT2D eigenvalue weighted by atomic mass is 15.0. The van der Waals surface area contributed by atoms with Gasteiger partial charge in [-0.05, 0) is 83.4 Å². The van der Waals surface area contributed by atoms with Crippen molar-refractivity contribution in [1.29, 1.82) is 15.8 Å². The average molecular weight is 636 g/mol. The normalized spacial score (nSPS) is 11.1. The monoisotopic (exact) mass is 635 g/mol. The van der Waals surface area contributed by atoms with Crippen LogP contribution in [0, 0.1) is 34.0 Å². The highest BCUT2D eigenvalue weighted by molar-refractivity contribution is 6.11. The maximum atomic E-state index is 10.5. The lowest BCUT2D eigenvalue weighted by atomic mass is 9.90. The molecule has 9 rings (SSSR count). The molecule has 0 bridgehead atoms. The molecule has 0 unspecified atom stereocenters. The summed E-state index contributed by atoms with van der Waals surface area (Å²) in [5.41, 5.74) is 11.1. The van der Waals surface area contributed by atoms with Gasteiger partial charge >= 0.3 is 0 Å². The van der Waals surface area contributed by atoms with Crippen LogP contribution in [0.3, 0.4) is 0 Å². The molecule has 0 amide bonds. The zero-order valence-electron chi connectivity index (χ0n) is 26.7. The van der Waals surface area contributed by atoms with E-state index in [4.69, 9.17) is 0 Å². The van der Waals surface area contributed by atoms with Crippen LogP contribution >= 0.6 is 0 Å². The summed E-state index contributed by atoms with van der Waals surface area (Å²) in [5, 5.41) is 34.6. The Morgan fingerprint density at radius 3 is 1.64 bits per heavy atom. The lowest BCUT2D eigenvalue weighted by molar-refractivity contribution is 1.17. The van der Waals surface area contributed by atoms with Crippen LogP contribution in [0.25, 0.3) is 77.2 Å². The van der Waals surface area contributed by atoms with Gasteiger partial charge in [0.25, 0.3) is 0 Å². The fraction of sp³-hybridized carbons (Fsp3) is 0. The molecule has 0 atom stereocenters. The van der Waals surface area contributed by atoms with Gasteiger partial charge in [0.2, 0.25) is 0 Å². The van der Waals surface area contributed by atoms with Crippen LogP contribution in [0.15, 0.2) is 152 Å². The van der Waals surface area contributed by atoms with Crippen molar-refractivity contribution in [2.75, 3.05) is 0 Å². The second kappa shape index (κ2) is 11.4. The number of aromatic nitrogens is 2. The van der Waals surface area contributed by atoms with Crippen LogP contribution in [0.4, 0.5) is 0 Å². The molecule has 7 aromatic carbocycles. The molecule has 230 valence electrons. The molecule has 0 saturated heterocycles. The number of hydrogen-bond donors (Lipinski definition) is 0. The van der Waals surface area contributed by atoms with Gasteiger partial charge in [-0.25, -0.2) is 0 Å². The highest BCUT2D eigenvalue weighted by Crippen LogP contribution is 2.42. The maximum absolute atomic E-state index is 10.5. The molecule has 0 saturated carbocycles. The van der Waals surface area contributed by atoms with Crippen molar-refractivity contribution < 1.29 is 0 Å². The molecular weight excluding hydrogens is 611 g/mol. The Morgan fingerprint density at radius 1 is 0.380 bits per heavy atom. The molecule has 0 aliphatic carbocycles. The van der Waals surface area contributed by atoms with Gasteiger partial charge in [-0.2, -0.15) is 15.8 Å². The first kappa shape index (κ1) is 28.8. The molecule has 0 N–H and O–H groups in total. The number of nitrogens with zero attached hydrogens (tertiary/aromatic N) is 5. The Labute approximate surface area is 287 Å². The minimum absolute atomic E-state index is 0.533. The molecule has 0 aliphatic rings. The Morgan fingerprint density at radius 2 is 0.960 bits per heavy atom. The van der Waals surface area contributed by atoms with E-state index in [1.54, 1.807) is 0 Å². The third-order valence-electron chi connectivity index (χ3n) is 9.62. The van der Waals surface area contributed by atoms with Crippen LogP contribution in [0.1, 0.15) is 16.7 Å². The Bertz CT molecular complexity index is 2920. The zero-order valence-corrected chi connectivity index (χ0v) is 26.7. The van der Waals surface area contributed by atoms with E-state index < -0.39 is 0 Å². The summed E-state index contributed by atoms with van der Waals surface area (Å²) in [7, 11) is 0. The number of hydrogen-bond acceptors (Lipinski definition) is 3. The second-order valence-electron chi connectivity index (χ2n) is 12.3. The largest absolute Gasteiger partial charge is 0.309 e. The number of nitriles is 3. The van der Waals surface area contributed by atoms with Crippen molar-refractivity contribution in [2.45, 2.75) is 0 Å². The molecule has 2 aromatic heterocycles. The summed E-state index contributed by atoms with van der Waals surface area (Å²) in [6, 6.07) is 57.7. The molecule has 5 heteroatoms. The topological polar surface area (TPSA) is 81.2 Å². The molecule has 2 heterocycles. The highest BCUT2D eigenvalue weighted by Gasteiger charge is 2.21. The van der Waals surface area contributed by atoms with Crippen LogP contribution in [0.2, 0.25) is 0 Å². The van der Waals surface area contributed by atoms with Gasteiger partial charge in [-0.15, -0.1) is 0 Å². The molecule has 0 spiro atoms. The summed E-state index contributed by atoms with van der Waals surface area (Å²) in [4.78, 5) is 0. The Kier molecular flexibility index (Phi) is 6.56. The van der Waals surface area contributed by atoms with Crippen molar-refractivity contribution >= 4 is 43.6 Å². The number of fused-ring (bicyclic) bond motifs is 6. The molecule has 5 nitrogen and oxygen atoms in total. The predicted molar refractivity (Wildman–Crippen MR) is 200 cm³/mol. The first-order valence-electron chi connectivity index (χ1n) is 16.3. The second-order valence-corrected chi connectivity index (χ2v) is 12.3. The van der Waals surface area contributed by atoms with Gasteiger partial charge in [0.1, 0.15) is 6.07 Å². The van der Waals surface area contributed by atoms with Gasteiger partial charge in [0.05, 0.1) is 56.6 Å². The van der Waals surface area contributed by atoms with E-state index in [-0.39, 0.29) is 0 Å². The van der Waals surface area contributed by atoms with Crippen LogP contribution in [0.5, 0.6) is 0 Å². The van der Waals surface area contributed by atoms with Crippen molar-refractivity contribution in [1.82, 2.24) is 9.13 Å². The van der Waals surface area contributed by atoms with E-state index in [2.05, 4.69) is 88.0 Å². The smallest absolute Gasteiger partial charge is 0.101 e. The predicted octanol–water partition coefficient (Wildman–Crippen LogP) is 10.8. The quantitative estimate of drug-likeness (QED) is 0.193. The standard InChI is InChI=1S/C45H25N5/c46-26-29-19-21-34(31-9-7-11-33(25-31)49-41-16-4-3-14-37(41)40-24-30(27-47)20-22-44(40)49)39(23-29)38-15-8-10-32(28-48)45(38)50-42-17-5-1-12-35(42)36-13-2-6-18-43(36)50/h1-25H. The van der Waals surface area contributed by atoms with Gasteiger partial charge in [0.15, 0.2) is 0 Å². The van der Waals surface area contributed by atoms with Crippen LogP contribution < -0.4 is 0 Å². The maximum Gasteiger partial charge on any atom is 0.101 e. The lowest BCUT2D eigenvalue weighted by Crippen LogP contribution is -2.02. The summed E-state index contributed by atoms with van der Waals surface area (Å²) >= 11 is 0. The van der Waals surface area contributed by atoms with E-state index in [0.717, 1.165) is 77.2 Å². The van der Waals surface area contributed by atoms with E-state index in [0.29, 0.717) is 16.7 Å². The van der Waals surface area contributed by atoms with Crippen molar-refractivity contribution in [3.8, 4) is 51.8 Å². The fourth-order valence-electron chi connectivity index (χ4n) is 7.48. The minimum Gasteiger partial charge on any atom is -0.309 e. The molecule has 0 fully saturated rings. The van der Waals surface area contributed by atoms with E-state index >= 15 is 0 Å². The van der Waals surface area contributed by atoms with E-state index in [9.17, 15) is 15.8 Å². The van der Waals surface area contributed by atoms with Gasteiger partial charge in [-0.1, -0.05) is 84.9 Å². The molecule has 9 aromatic rings. The van der Waals surface area contributed by atoms with E-state index in [1.165, 1.54) is 0 Å². The van der Waals surface area contributed by atoms with Gasteiger partial charge in [0, 0.05) is 32.8 Å². The van der Waals surface area contributed by atoms with Crippen molar-refractivity contribution in [3.05, 3.63) is 168 Å². The molecule has 0 aliphatic heterocycles. The third-order valence-corrected chi connectivity index (χ3v) is 9.62. The Hall–Kier alpha value is -7.39. The first-order valence-corrected chi connectivity index (χ1v) is 16.3. The fourth-order valence-corrected chi connectivity index (χ4v) is 7.48. The summed E-state index contributed by atoms with van der Waals surface area (Å²) in [5.74, 6) is 0. The first-order chi connectivity index (χ1) is 24.7. The summed E-state index contributed by atoms with van der Waals surface area (Å²) in [6.07, 6.45) is 0. The molecule has 50 heavy (non-hydrogen) atoms. The SMILES string of the molecule is N#Cc1ccc(-c2cccc(-n3c4ccccc4c4cc(C#N)ccc43)c2)c(-c2cccc(C#N)c2-n2c3ccccc3c3ccccc32)c1. The van der Waals surface area contributed by atoms with E-state index in [1.807, 2.05) is 91.0 Å². The molecule has 0 radical (unpaired) electrons. The number of para-hydroxylation sites is 4. The van der Waals surface area contributed by atoms with Gasteiger partial charge in [-0.3, -0.25) is 0 Å². The third kappa shape index (κ3) is 4.31. The molecular formula is C45H25N5. The van der Waals surface area contributed by atoms with Crippen LogP contribution in [-0.4, -0.2) is 9.13 Å². The summed E-state index contributed by atoms with van der Waals surface area (Å²) in [6.45, 7) is 0. The lowest BCUT2D eigenvalue weighted by Gasteiger charge is -2.19. The zero-order chi connectivity index (χ0) is 33.8. The number of benzene rings is 7. The minimum atomic E-state index is 0.533. The van der Waals surface area contributed by atoms with Crippen molar-refractivity contribution in [2.24, 2.45) is 0 Å². The average Bonchev–Trinajstić information content (AvgIpc) is 3.70. The van der Waals surface area contributed by atoms with Gasteiger partial charge < -0.3 is 9.13 Å². The van der Waals surface area contributed by atoms with Crippen molar-refractivity contribution in [3.63, 3.8) is 0 Å². The van der Waals surface area contributed by atoms with Crippen LogP contribution in [-0.2, 0) is 0 Å².